The Bertz CT molecular complexity index is 654. The van der Waals surface area contributed by atoms with Gasteiger partial charge in [0.25, 0.3) is 0 Å². The summed E-state index contributed by atoms with van der Waals surface area (Å²) in [5.41, 5.74) is 1.47. The fourth-order valence-corrected chi connectivity index (χ4v) is 2.10. The van der Waals surface area contributed by atoms with E-state index in [1.807, 2.05) is 26.0 Å². The van der Waals surface area contributed by atoms with Crippen molar-refractivity contribution in [1.29, 1.82) is 0 Å². The van der Waals surface area contributed by atoms with Gasteiger partial charge in [-0.2, -0.15) is 0 Å². The largest absolute Gasteiger partial charge is 0.490 e. The van der Waals surface area contributed by atoms with Gasteiger partial charge >= 0.3 is 0 Å². The molecule has 0 heterocycles. The number of hydrogen-bond acceptors (Lipinski definition) is 4. The van der Waals surface area contributed by atoms with Crippen LogP contribution < -0.4 is 9.47 Å². The predicted molar refractivity (Wildman–Crippen MR) is 87.0 cm³/mol. The van der Waals surface area contributed by atoms with Gasteiger partial charge in [-0.05, 0) is 47.9 Å². The number of oxime groups is 1. The van der Waals surface area contributed by atoms with Crippen molar-refractivity contribution < 1.29 is 19.1 Å². The molecule has 122 valence electrons. The Hall–Kier alpha value is -2.56. The average Bonchev–Trinajstić information content (AvgIpc) is 2.55. The minimum absolute atomic E-state index is 0.126. The van der Waals surface area contributed by atoms with Crippen LogP contribution >= 0.6 is 0 Å². The number of benzene rings is 2. The molecule has 0 fully saturated rings. The normalized spacial score (nSPS) is 11.6. The zero-order valence-electron chi connectivity index (χ0n) is 13.2. The van der Waals surface area contributed by atoms with Crippen molar-refractivity contribution >= 4 is 5.71 Å². The van der Waals surface area contributed by atoms with E-state index in [9.17, 15) is 4.39 Å². The Morgan fingerprint density at radius 1 is 1.04 bits per heavy atom. The number of halogens is 1. The lowest BCUT2D eigenvalue weighted by atomic mass is 10.0. The summed E-state index contributed by atoms with van der Waals surface area (Å²) in [4.78, 5) is 0. The van der Waals surface area contributed by atoms with Crippen LogP contribution in [-0.4, -0.2) is 24.1 Å². The first-order chi connectivity index (χ1) is 11.1. The third-order valence-electron chi connectivity index (χ3n) is 3.25. The lowest BCUT2D eigenvalue weighted by Crippen LogP contribution is -2.11. The highest BCUT2D eigenvalue weighted by Crippen LogP contribution is 2.17. The van der Waals surface area contributed by atoms with Gasteiger partial charge in [0.2, 0.25) is 0 Å². The maximum Gasteiger partial charge on any atom is 0.165 e. The van der Waals surface area contributed by atoms with Gasteiger partial charge in [-0.25, -0.2) is 4.39 Å². The third-order valence-corrected chi connectivity index (χ3v) is 3.25. The van der Waals surface area contributed by atoms with Gasteiger partial charge in [0.1, 0.15) is 19.0 Å². The molecule has 0 aliphatic carbocycles. The van der Waals surface area contributed by atoms with Crippen LogP contribution in [0, 0.1) is 11.7 Å². The molecule has 0 aliphatic rings. The zero-order valence-corrected chi connectivity index (χ0v) is 13.2. The molecule has 0 amide bonds. The first kappa shape index (κ1) is 16.8. The van der Waals surface area contributed by atoms with Crippen molar-refractivity contribution in [2.45, 2.75) is 13.8 Å². The summed E-state index contributed by atoms with van der Waals surface area (Å²) < 4.78 is 24.2. The molecular formula is C18H20FNO3. The maximum absolute atomic E-state index is 13.4. The molecule has 5 heteroatoms. The van der Waals surface area contributed by atoms with E-state index in [1.54, 1.807) is 30.3 Å². The Morgan fingerprint density at radius 2 is 1.70 bits per heavy atom. The minimum atomic E-state index is -0.388. The lowest BCUT2D eigenvalue weighted by Gasteiger charge is -2.11. The van der Waals surface area contributed by atoms with Crippen LogP contribution in [-0.2, 0) is 0 Å². The minimum Gasteiger partial charge on any atom is -0.490 e. The Balaban J connectivity index is 1.84. The molecule has 0 bridgehead atoms. The van der Waals surface area contributed by atoms with E-state index in [2.05, 4.69) is 5.16 Å². The van der Waals surface area contributed by atoms with E-state index >= 15 is 0 Å². The SMILES string of the molecule is CC(C)C(=NO)c1ccc(OCCOc2ccccc2F)cc1. The van der Waals surface area contributed by atoms with Crippen LogP contribution in [0.1, 0.15) is 19.4 Å². The van der Waals surface area contributed by atoms with Crippen LogP contribution in [0.25, 0.3) is 0 Å². The molecule has 0 saturated heterocycles. The van der Waals surface area contributed by atoms with Gasteiger partial charge in [-0.15, -0.1) is 0 Å². The Kier molecular flexibility index (Phi) is 5.97. The molecule has 4 nitrogen and oxygen atoms in total. The first-order valence-corrected chi connectivity index (χ1v) is 7.44. The maximum atomic E-state index is 13.4. The molecule has 0 saturated carbocycles. The summed E-state index contributed by atoms with van der Waals surface area (Å²) in [6.45, 7) is 4.47. The van der Waals surface area contributed by atoms with Crippen molar-refractivity contribution in [2.24, 2.45) is 11.1 Å². The van der Waals surface area contributed by atoms with Crippen molar-refractivity contribution in [3.05, 3.63) is 59.9 Å². The molecule has 0 aromatic heterocycles. The molecule has 0 spiro atoms. The first-order valence-electron chi connectivity index (χ1n) is 7.44. The number of hydrogen-bond donors (Lipinski definition) is 1. The van der Waals surface area contributed by atoms with E-state index in [4.69, 9.17) is 14.7 Å². The number of para-hydroxylation sites is 1. The van der Waals surface area contributed by atoms with Crippen molar-refractivity contribution in [3.8, 4) is 11.5 Å². The highest BCUT2D eigenvalue weighted by Gasteiger charge is 2.09. The van der Waals surface area contributed by atoms with Crippen LogP contribution in [0.2, 0.25) is 0 Å². The number of ether oxygens (including phenoxy) is 2. The van der Waals surface area contributed by atoms with E-state index in [-0.39, 0.29) is 24.1 Å². The Labute approximate surface area is 135 Å². The summed E-state index contributed by atoms with van der Waals surface area (Å²) >= 11 is 0. The van der Waals surface area contributed by atoms with E-state index < -0.39 is 0 Å². The zero-order chi connectivity index (χ0) is 16.7. The summed E-state index contributed by atoms with van der Waals surface area (Å²) in [5.74, 6) is 0.626. The number of nitrogens with zero attached hydrogens (tertiary/aromatic N) is 1. The van der Waals surface area contributed by atoms with E-state index in [0.29, 0.717) is 18.1 Å². The fraction of sp³-hybridized carbons (Fsp3) is 0.278. The fourth-order valence-electron chi connectivity index (χ4n) is 2.10. The molecule has 1 N–H and O–H groups in total. The highest BCUT2D eigenvalue weighted by atomic mass is 19.1. The molecular weight excluding hydrogens is 297 g/mol. The molecule has 0 radical (unpaired) electrons. The van der Waals surface area contributed by atoms with Gasteiger partial charge in [-0.1, -0.05) is 31.1 Å². The predicted octanol–water partition coefficient (Wildman–Crippen LogP) is 4.12. The van der Waals surface area contributed by atoms with Crippen LogP contribution in [0.4, 0.5) is 4.39 Å². The smallest absolute Gasteiger partial charge is 0.165 e. The molecule has 2 rings (SSSR count). The number of rotatable bonds is 7. The average molecular weight is 317 g/mol. The van der Waals surface area contributed by atoms with Crippen LogP contribution in [0.3, 0.4) is 0 Å². The second-order valence-electron chi connectivity index (χ2n) is 5.29. The summed E-state index contributed by atoms with van der Waals surface area (Å²) in [7, 11) is 0. The van der Waals surface area contributed by atoms with Crippen LogP contribution in [0.15, 0.2) is 53.7 Å². The molecule has 0 atom stereocenters. The lowest BCUT2D eigenvalue weighted by molar-refractivity contribution is 0.211. The van der Waals surface area contributed by atoms with Crippen molar-refractivity contribution in [2.75, 3.05) is 13.2 Å². The highest BCUT2D eigenvalue weighted by molar-refractivity contribution is 6.01. The van der Waals surface area contributed by atoms with Gasteiger partial charge in [0, 0.05) is 0 Å². The molecule has 2 aromatic carbocycles. The molecule has 0 unspecified atom stereocenters. The molecule has 23 heavy (non-hydrogen) atoms. The third kappa shape index (κ3) is 4.71. The monoisotopic (exact) mass is 317 g/mol. The quantitative estimate of drug-likeness (QED) is 0.362. The van der Waals surface area contributed by atoms with Gasteiger partial charge in [-0.3, -0.25) is 0 Å². The van der Waals surface area contributed by atoms with Crippen LogP contribution in [0.5, 0.6) is 11.5 Å². The van der Waals surface area contributed by atoms with Crippen molar-refractivity contribution in [3.63, 3.8) is 0 Å². The van der Waals surface area contributed by atoms with Crippen molar-refractivity contribution in [1.82, 2.24) is 0 Å². The summed E-state index contributed by atoms with van der Waals surface area (Å²) in [6.07, 6.45) is 0. The van der Waals surface area contributed by atoms with E-state index in [0.717, 1.165) is 5.56 Å². The van der Waals surface area contributed by atoms with E-state index in [1.165, 1.54) is 6.07 Å². The summed E-state index contributed by atoms with van der Waals surface area (Å²) in [5, 5.41) is 12.4. The topological polar surface area (TPSA) is 51.1 Å². The van der Waals surface area contributed by atoms with Gasteiger partial charge in [0.05, 0.1) is 5.71 Å². The van der Waals surface area contributed by atoms with Gasteiger partial charge in [0.15, 0.2) is 11.6 Å². The Morgan fingerprint density at radius 3 is 2.30 bits per heavy atom. The second-order valence-corrected chi connectivity index (χ2v) is 5.29. The standard InChI is InChI=1S/C18H20FNO3/c1-13(2)18(20-21)14-7-9-15(10-8-14)22-11-12-23-17-6-4-3-5-16(17)19/h3-10,13,21H,11-12H2,1-2H3. The molecule has 0 aliphatic heterocycles. The second kappa shape index (κ2) is 8.17. The summed E-state index contributed by atoms with van der Waals surface area (Å²) in [6, 6.07) is 13.5. The molecule has 2 aromatic rings. The van der Waals surface area contributed by atoms with Gasteiger partial charge < -0.3 is 14.7 Å².